The lowest BCUT2D eigenvalue weighted by Crippen LogP contribution is -2.33. The third kappa shape index (κ3) is 5.01. The number of para-hydroxylation sites is 1. The number of fused-ring (bicyclic) bond motifs is 1. The predicted octanol–water partition coefficient (Wildman–Crippen LogP) is 5.03. The second-order valence-corrected chi connectivity index (χ2v) is 9.30. The normalized spacial score (nSPS) is 11.8. The highest BCUT2D eigenvalue weighted by Gasteiger charge is 2.26. The zero-order chi connectivity index (χ0) is 25.8. The molecular weight excluding hydrogens is 478 g/mol. The molecule has 9 heteroatoms. The first kappa shape index (κ1) is 25.1. The fourth-order valence-corrected chi connectivity index (χ4v) is 4.97. The lowest BCUT2D eigenvalue weighted by molar-refractivity contribution is -0.119. The van der Waals surface area contributed by atoms with E-state index in [1.165, 1.54) is 17.7 Å². The Morgan fingerprint density at radius 2 is 1.86 bits per heavy atom. The van der Waals surface area contributed by atoms with Crippen LogP contribution in [0.4, 0.5) is 5.13 Å². The van der Waals surface area contributed by atoms with E-state index in [-0.39, 0.29) is 17.3 Å². The van der Waals surface area contributed by atoms with Crippen LogP contribution in [0.15, 0.2) is 59.4 Å². The molecule has 1 N–H and O–H groups in total. The van der Waals surface area contributed by atoms with E-state index in [1.807, 2.05) is 56.3 Å². The Bertz CT molecular complexity index is 1480. The molecule has 1 unspecified atom stereocenters. The predicted molar refractivity (Wildman–Crippen MR) is 140 cm³/mol. The monoisotopic (exact) mass is 505 g/mol. The Morgan fingerprint density at radius 1 is 1.11 bits per heavy atom. The number of pyridine rings is 1. The van der Waals surface area contributed by atoms with Gasteiger partial charge in [0.15, 0.2) is 5.13 Å². The summed E-state index contributed by atoms with van der Waals surface area (Å²) in [5.41, 5.74) is 2.40. The summed E-state index contributed by atoms with van der Waals surface area (Å²) in [6, 6.07) is 15.6. The molecule has 0 aliphatic heterocycles. The van der Waals surface area contributed by atoms with Crippen molar-refractivity contribution in [3.8, 4) is 5.75 Å². The molecule has 0 radical (unpaired) electrons. The molecule has 0 spiro atoms. The van der Waals surface area contributed by atoms with Crippen molar-refractivity contribution in [2.24, 2.45) is 0 Å². The van der Waals surface area contributed by atoms with Crippen LogP contribution in [-0.4, -0.2) is 28.5 Å². The lowest BCUT2D eigenvalue weighted by Gasteiger charge is -2.21. The van der Waals surface area contributed by atoms with Crippen LogP contribution in [0, 0.1) is 13.8 Å². The van der Waals surface area contributed by atoms with Crippen molar-refractivity contribution < 1.29 is 19.1 Å². The van der Waals surface area contributed by atoms with Gasteiger partial charge in [0.2, 0.25) is 5.91 Å². The number of methoxy groups -OCH3 is 1. The van der Waals surface area contributed by atoms with Gasteiger partial charge in [-0.05, 0) is 37.5 Å². The minimum absolute atomic E-state index is 0.141. The molecule has 4 aromatic rings. The van der Waals surface area contributed by atoms with Gasteiger partial charge in [-0.2, -0.15) is 0 Å². The van der Waals surface area contributed by atoms with Crippen LogP contribution < -0.4 is 15.6 Å². The first-order valence-electron chi connectivity index (χ1n) is 11.5. The van der Waals surface area contributed by atoms with Crippen LogP contribution in [-0.2, 0) is 16.1 Å². The molecule has 186 valence electrons. The number of carbonyl (C=O) groups is 2. The molecule has 0 aliphatic rings. The number of anilines is 1. The number of ether oxygens (including phenoxy) is 2. The first-order chi connectivity index (χ1) is 17.3. The standard InChI is InChI=1S/C27H27N3O5S/c1-5-20(30-22(31)14-16(2)19-12-9-13-21(34-4)23(19)30)25(32)29-27-28-17(3)24(36-27)26(33)35-15-18-10-7-6-8-11-18/h6-14,20H,5,15H2,1-4H3,(H,28,29,32). The molecule has 0 saturated carbocycles. The zero-order valence-electron chi connectivity index (χ0n) is 20.5. The second-order valence-electron chi connectivity index (χ2n) is 8.30. The van der Waals surface area contributed by atoms with Crippen molar-refractivity contribution >= 4 is 39.2 Å². The van der Waals surface area contributed by atoms with Gasteiger partial charge in [-0.3, -0.25) is 14.2 Å². The SMILES string of the molecule is CCC(C(=O)Nc1nc(C)c(C(=O)OCc2ccccc2)s1)n1c(=O)cc(C)c2cccc(OC)c21. The van der Waals surface area contributed by atoms with Crippen LogP contribution in [0.5, 0.6) is 5.75 Å². The number of aryl methyl sites for hydroxylation is 2. The van der Waals surface area contributed by atoms with E-state index in [4.69, 9.17) is 9.47 Å². The van der Waals surface area contributed by atoms with Gasteiger partial charge in [0.1, 0.15) is 23.3 Å². The molecule has 36 heavy (non-hydrogen) atoms. The summed E-state index contributed by atoms with van der Waals surface area (Å²) in [5.74, 6) is -0.409. The minimum Gasteiger partial charge on any atom is -0.495 e. The fraction of sp³-hybridized carbons (Fsp3) is 0.259. The summed E-state index contributed by atoms with van der Waals surface area (Å²) < 4.78 is 12.4. The number of aromatic nitrogens is 2. The van der Waals surface area contributed by atoms with Crippen molar-refractivity contribution in [3.05, 3.63) is 86.6 Å². The van der Waals surface area contributed by atoms with E-state index in [2.05, 4.69) is 10.3 Å². The Labute approximate surface area is 212 Å². The molecule has 0 saturated heterocycles. The lowest BCUT2D eigenvalue weighted by atomic mass is 10.1. The van der Waals surface area contributed by atoms with E-state index in [1.54, 1.807) is 13.0 Å². The van der Waals surface area contributed by atoms with Gasteiger partial charge in [0.25, 0.3) is 5.56 Å². The number of nitrogens with zero attached hydrogens (tertiary/aromatic N) is 2. The molecular formula is C27H27N3O5S. The number of amides is 1. The summed E-state index contributed by atoms with van der Waals surface area (Å²) >= 11 is 1.04. The summed E-state index contributed by atoms with van der Waals surface area (Å²) in [6.45, 7) is 5.51. The largest absolute Gasteiger partial charge is 0.495 e. The van der Waals surface area contributed by atoms with E-state index >= 15 is 0 Å². The molecule has 0 aliphatic carbocycles. The number of hydrogen-bond acceptors (Lipinski definition) is 7. The third-order valence-corrected chi connectivity index (χ3v) is 6.94. The van der Waals surface area contributed by atoms with Crippen LogP contribution in [0.2, 0.25) is 0 Å². The summed E-state index contributed by atoms with van der Waals surface area (Å²) in [7, 11) is 1.53. The number of thiazole rings is 1. The van der Waals surface area contributed by atoms with E-state index in [0.717, 1.165) is 27.8 Å². The molecule has 2 aromatic heterocycles. The molecule has 2 aromatic carbocycles. The Morgan fingerprint density at radius 3 is 2.56 bits per heavy atom. The third-order valence-electron chi connectivity index (χ3n) is 5.89. The van der Waals surface area contributed by atoms with Crippen molar-refractivity contribution in [2.75, 3.05) is 12.4 Å². The molecule has 1 atom stereocenters. The van der Waals surface area contributed by atoms with Crippen molar-refractivity contribution in [1.29, 1.82) is 0 Å². The van der Waals surface area contributed by atoms with Gasteiger partial charge < -0.3 is 14.8 Å². The van der Waals surface area contributed by atoms with Gasteiger partial charge in [0, 0.05) is 11.5 Å². The van der Waals surface area contributed by atoms with E-state index < -0.39 is 17.9 Å². The molecule has 0 fully saturated rings. The van der Waals surface area contributed by atoms with Gasteiger partial charge in [-0.25, -0.2) is 9.78 Å². The summed E-state index contributed by atoms with van der Waals surface area (Å²) in [4.78, 5) is 43.7. The van der Waals surface area contributed by atoms with Crippen molar-refractivity contribution in [2.45, 2.75) is 39.8 Å². The summed E-state index contributed by atoms with van der Waals surface area (Å²) in [5, 5.41) is 3.88. The number of benzene rings is 2. The second kappa shape index (κ2) is 10.7. The molecule has 4 rings (SSSR count). The van der Waals surface area contributed by atoms with E-state index in [9.17, 15) is 14.4 Å². The maximum absolute atomic E-state index is 13.4. The van der Waals surface area contributed by atoms with E-state index in [0.29, 0.717) is 28.3 Å². The van der Waals surface area contributed by atoms with Crippen LogP contribution in [0.25, 0.3) is 10.9 Å². The van der Waals surface area contributed by atoms with Crippen LogP contribution in [0.1, 0.15) is 45.9 Å². The van der Waals surface area contributed by atoms with Crippen LogP contribution in [0.3, 0.4) is 0 Å². The number of carbonyl (C=O) groups excluding carboxylic acids is 2. The van der Waals surface area contributed by atoms with Crippen molar-refractivity contribution in [1.82, 2.24) is 9.55 Å². The van der Waals surface area contributed by atoms with Gasteiger partial charge >= 0.3 is 5.97 Å². The number of nitrogens with one attached hydrogen (secondary N) is 1. The minimum atomic E-state index is -0.811. The topological polar surface area (TPSA) is 99.5 Å². The van der Waals surface area contributed by atoms with Gasteiger partial charge in [-0.1, -0.05) is 60.7 Å². The Balaban J connectivity index is 1.59. The highest BCUT2D eigenvalue weighted by Crippen LogP contribution is 2.30. The Kier molecular flexibility index (Phi) is 7.49. The van der Waals surface area contributed by atoms with Crippen LogP contribution >= 0.6 is 11.3 Å². The molecule has 1 amide bonds. The highest BCUT2D eigenvalue weighted by molar-refractivity contribution is 7.17. The fourth-order valence-electron chi connectivity index (χ4n) is 4.11. The smallest absolute Gasteiger partial charge is 0.350 e. The summed E-state index contributed by atoms with van der Waals surface area (Å²) in [6.07, 6.45) is 0.359. The maximum Gasteiger partial charge on any atom is 0.350 e. The van der Waals surface area contributed by atoms with Gasteiger partial charge in [0.05, 0.1) is 18.3 Å². The molecule has 2 heterocycles. The zero-order valence-corrected chi connectivity index (χ0v) is 21.3. The number of hydrogen-bond donors (Lipinski definition) is 1. The van der Waals surface area contributed by atoms with Crippen molar-refractivity contribution in [3.63, 3.8) is 0 Å². The Hall–Kier alpha value is -3.98. The number of rotatable bonds is 8. The maximum atomic E-state index is 13.4. The van der Waals surface area contributed by atoms with Gasteiger partial charge in [-0.15, -0.1) is 0 Å². The quantitative estimate of drug-likeness (QED) is 0.337. The number of esters is 1. The molecule has 8 nitrogen and oxygen atoms in total. The average molecular weight is 506 g/mol. The molecule has 0 bridgehead atoms. The first-order valence-corrected chi connectivity index (χ1v) is 12.3. The average Bonchev–Trinajstić information content (AvgIpc) is 3.24. The highest BCUT2D eigenvalue weighted by atomic mass is 32.1.